The van der Waals surface area contributed by atoms with Gasteiger partial charge in [-0.1, -0.05) is 30.3 Å². The molecule has 0 amide bonds. The number of alkyl halides is 3. The fraction of sp³-hybridized carbons (Fsp3) is 0.0714. The van der Waals surface area contributed by atoms with Crippen LogP contribution in [0.15, 0.2) is 42.5 Å². The van der Waals surface area contributed by atoms with Crippen molar-refractivity contribution >= 4 is 28.4 Å². The molecule has 2 aromatic carbocycles. The zero-order valence-electron chi connectivity index (χ0n) is 9.84. The molecular formula is C14H7F4IO. The van der Waals surface area contributed by atoms with E-state index in [1.54, 1.807) is 40.8 Å². The molecule has 104 valence electrons. The SMILES string of the molecule is O=C(c1ccccc1)c1cc(I)cc(C(F)(F)F)c1F. The molecule has 0 saturated carbocycles. The smallest absolute Gasteiger partial charge is 0.288 e. The molecule has 0 heterocycles. The molecule has 1 nitrogen and oxygen atoms in total. The van der Waals surface area contributed by atoms with Crippen molar-refractivity contribution in [2.45, 2.75) is 6.18 Å². The van der Waals surface area contributed by atoms with E-state index < -0.39 is 28.9 Å². The summed E-state index contributed by atoms with van der Waals surface area (Å²) in [5.74, 6) is -2.31. The highest BCUT2D eigenvalue weighted by atomic mass is 127. The lowest BCUT2D eigenvalue weighted by Crippen LogP contribution is -2.14. The number of ketones is 1. The summed E-state index contributed by atoms with van der Waals surface area (Å²) in [5.41, 5.74) is -1.86. The molecule has 6 heteroatoms. The van der Waals surface area contributed by atoms with Crippen molar-refractivity contribution in [1.82, 2.24) is 0 Å². The van der Waals surface area contributed by atoms with E-state index in [9.17, 15) is 22.4 Å². The third kappa shape index (κ3) is 3.00. The number of halogens is 5. The highest BCUT2D eigenvalue weighted by Crippen LogP contribution is 2.34. The summed E-state index contributed by atoms with van der Waals surface area (Å²) in [5, 5.41) is 0. The molecule has 0 aliphatic rings. The normalized spacial score (nSPS) is 11.4. The number of hydrogen-bond donors (Lipinski definition) is 0. The Balaban J connectivity index is 2.58. The van der Waals surface area contributed by atoms with Crippen molar-refractivity contribution < 1.29 is 22.4 Å². The topological polar surface area (TPSA) is 17.1 Å². The average molecular weight is 394 g/mol. The summed E-state index contributed by atoms with van der Waals surface area (Å²) in [4.78, 5) is 12.1. The van der Waals surface area contributed by atoms with Crippen LogP contribution in [0.5, 0.6) is 0 Å². The Bertz CT molecular complexity index is 650. The van der Waals surface area contributed by atoms with Gasteiger partial charge >= 0.3 is 6.18 Å². The van der Waals surface area contributed by atoms with Crippen molar-refractivity contribution in [2.24, 2.45) is 0 Å². The Morgan fingerprint density at radius 1 is 1.05 bits per heavy atom. The predicted octanol–water partition coefficient (Wildman–Crippen LogP) is 4.68. The fourth-order valence-corrected chi connectivity index (χ4v) is 2.33. The first-order chi connectivity index (χ1) is 9.30. The van der Waals surface area contributed by atoms with E-state index in [2.05, 4.69) is 0 Å². The summed E-state index contributed by atoms with van der Waals surface area (Å²) >= 11 is 1.62. The van der Waals surface area contributed by atoms with Gasteiger partial charge in [0.15, 0.2) is 5.78 Å². The zero-order valence-corrected chi connectivity index (χ0v) is 12.0. The van der Waals surface area contributed by atoms with Crippen LogP contribution in [0.25, 0.3) is 0 Å². The molecule has 0 fully saturated rings. The zero-order chi connectivity index (χ0) is 14.9. The summed E-state index contributed by atoms with van der Waals surface area (Å²) in [6.45, 7) is 0. The van der Waals surface area contributed by atoms with Crippen molar-refractivity contribution in [1.29, 1.82) is 0 Å². The van der Waals surface area contributed by atoms with Gasteiger partial charge in [-0.3, -0.25) is 4.79 Å². The Kier molecular flexibility index (Phi) is 4.12. The van der Waals surface area contributed by atoms with Gasteiger partial charge in [0.1, 0.15) is 5.82 Å². The maximum Gasteiger partial charge on any atom is 0.419 e. The van der Waals surface area contributed by atoms with Gasteiger partial charge in [-0.2, -0.15) is 13.2 Å². The number of carbonyl (C=O) groups excluding carboxylic acids is 1. The monoisotopic (exact) mass is 394 g/mol. The van der Waals surface area contributed by atoms with Gasteiger partial charge in [-0.15, -0.1) is 0 Å². The summed E-state index contributed by atoms with van der Waals surface area (Å²) in [6.07, 6.45) is -4.84. The van der Waals surface area contributed by atoms with E-state index in [1.807, 2.05) is 0 Å². The quantitative estimate of drug-likeness (QED) is 0.411. The van der Waals surface area contributed by atoms with Crippen LogP contribution in [0.1, 0.15) is 21.5 Å². The fourth-order valence-electron chi connectivity index (χ4n) is 1.71. The van der Waals surface area contributed by atoms with E-state index in [1.165, 1.54) is 12.1 Å². The van der Waals surface area contributed by atoms with Crippen LogP contribution in [0, 0.1) is 9.39 Å². The summed E-state index contributed by atoms with van der Waals surface area (Å²) in [6, 6.07) is 9.42. The largest absolute Gasteiger partial charge is 0.419 e. The first-order valence-electron chi connectivity index (χ1n) is 5.46. The van der Waals surface area contributed by atoms with Crippen molar-refractivity contribution in [3.05, 3.63) is 68.5 Å². The minimum absolute atomic E-state index is 0.140. The lowest BCUT2D eigenvalue weighted by atomic mass is 10.0. The second kappa shape index (κ2) is 5.51. The standard InChI is InChI=1S/C14H7F4IO/c15-12-10(13(20)8-4-2-1-3-5-8)6-9(19)7-11(12)14(16,17)18/h1-7H. The van der Waals surface area contributed by atoms with Crippen LogP contribution in [0.2, 0.25) is 0 Å². The second-order valence-electron chi connectivity index (χ2n) is 4.01. The molecule has 0 spiro atoms. The molecule has 0 saturated heterocycles. The second-order valence-corrected chi connectivity index (χ2v) is 5.25. The van der Waals surface area contributed by atoms with Crippen LogP contribution in [-0.4, -0.2) is 5.78 Å². The minimum atomic E-state index is -4.84. The number of carbonyl (C=O) groups is 1. The van der Waals surface area contributed by atoms with Gasteiger partial charge in [0.2, 0.25) is 0 Å². The van der Waals surface area contributed by atoms with Gasteiger partial charge < -0.3 is 0 Å². The van der Waals surface area contributed by atoms with Crippen LogP contribution in [0.3, 0.4) is 0 Å². The van der Waals surface area contributed by atoms with E-state index in [4.69, 9.17) is 0 Å². The first-order valence-corrected chi connectivity index (χ1v) is 6.54. The third-order valence-corrected chi connectivity index (χ3v) is 3.25. The number of hydrogen-bond acceptors (Lipinski definition) is 1. The molecule has 0 N–H and O–H groups in total. The van der Waals surface area contributed by atoms with Crippen LogP contribution < -0.4 is 0 Å². The van der Waals surface area contributed by atoms with Gasteiger partial charge in [-0.25, -0.2) is 4.39 Å². The number of benzene rings is 2. The van der Waals surface area contributed by atoms with E-state index in [-0.39, 0.29) is 9.13 Å². The van der Waals surface area contributed by atoms with Crippen LogP contribution in [0.4, 0.5) is 17.6 Å². The van der Waals surface area contributed by atoms with Crippen molar-refractivity contribution in [3.8, 4) is 0 Å². The Hall–Kier alpha value is -1.44. The van der Waals surface area contributed by atoms with Gasteiger partial charge in [0.05, 0.1) is 11.1 Å². The van der Waals surface area contributed by atoms with Crippen LogP contribution >= 0.6 is 22.6 Å². The molecular weight excluding hydrogens is 387 g/mol. The maximum absolute atomic E-state index is 13.9. The molecule has 0 aliphatic heterocycles. The van der Waals surface area contributed by atoms with Crippen molar-refractivity contribution in [2.75, 3.05) is 0 Å². The van der Waals surface area contributed by atoms with Crippen LogP contribution in [-0.2, 0) is 6.18 Å². The molecule has 0 bridgehead atoms. The minimum Gasteiger partial charge on any atom is -0.288 e. The lowest BCUT2D eigenvalue weighted by molar-refractivity contribution is -0.140. The molecule has 0 atom stereocenters. The summed E-state index contributed by atoms with van der Waals surface area (Å²) < 4.78 is 52.2. The molecule has 0 radical (unpaired) electrons. The van der Waals surface area contributed by atoms with E-state index >= 15 is 0 Å². The predicted molar refractivity (Wildman–Crippen MR) is 74.0 cm³/mol. The third-order valence-electron chi connectivity index (χ3n) is 2.62. The molecule has 2 rings (SSSR count). The number of rotatable bonds is 2. The molecule has 2 aromatic rings. The molecule has 0 unspecified atom stereocenters. The van der Waals surface area contributed by atoms with Gasteiger partial charge in [-0.05, 0) is 34.7 Å². The van der Waals surface area contributed by atoms with Gasteiger partial charge in [0.25, 0.3) is 0 Å². The Morgan fingerprint density at radius 3 is 2.20 bits per heavy atom. The summed E-state index contributed by atoms with van der Waals surface area (Å²) in [7, 11) is 0. The van der Waals surface area contributed by atoms with E-state index in [0.717, 1.165) is 6.07 Å². The first kappa shape index (κ1) is 15.0. The lowest BCUT2D eigenvalue weighted by Gasteiger charge is -2.12. The molecule has 0 aromatic heterocycles. The highest BCUT2D eigenvalue weighted by molar-refractivity contribution is 14.1. The molecule has 20 heavy (non-hydrogen) atoms. The van der Waals surface area contributed by atoms with Gasteiger partial charge in [0, 0.05) is 9.13 Å². The maximum atomic E-state index is 13.9. The Labute approximate surface area is 125 Å². The average Bonchev–Trinajstić information content (AvgIpc) is 2.40. The highest BCUT2D eigenvalue weighted by Gasteiger charge is 2.36. The van der Waals surface area contributed by atoms with Crippen molar-refractivity contribution in [3.63, 3.8) is 0 Å². The molecule has 0 aliphatic carbocycles. The van der Waals surface area contributed by atoms with E-state index in [0.29, 0.717) is 6.07 Å². The Morgan fingerprint density at radius 2 is 1.65 bits per heavy atom.